The van der Waals surface area contributed by atoms with Crippen LogP contribution in [0.5, 0.6) is 0 Å². The summed E-state index contributed by atoms with van der Waals surface area (Å²) in [6, 6.07) is 0. The maximum atomic E-state index is 11.6. The molecule has 0 amide bonds. The van der Waals surface area contributed by atoms with E-state index in [1.54, 1.807) is 6.92 Å². The van der Waals surface area contributed by atoms with Crippen LogP contribution in [0.2, 0.25) is 0 Å². The molecule has 0 aromatic heterocycles. The Morgan fingerprint density at radius 3 is 1.85 bits per heavy atom. The van der Waals surface area contributed by atoms with Gasteiger partial charge in [-0.05, 0) is 39.0 Å². The minimum absolute atomic E-state index is 0.210. The normalized spacial score (nSPS) is 23.0. The number of cyclic esters (lactones) is 1. The van der Waals surface area contributed by atoms with Gasteiger partial charge in [0.25, 0.3) is 0 Å². The van der Waals surface area contributed by atoms with E-state index >= 15 is 0 Å². The number of carbonyl (C=O) groups is 1. The Bertz CT molecular complexity index is 378. The van der Waals surface area contributed by atoms with E-state index < -0.39 is 6.10 Å². The summed E-state index contributed by atoms with van der Waals surface area (Å²) in [6.45, 7) is 4.03. The first-order chi connectivity index (χ1) is 12.7. The van der Waals surface area contributed by atoms with Crippen molar-refractivity contribution in [1.82, 2.24) is 0 Å². The molecule has 1 rings (SSSR count). The summed E-state index contributed by atoms with van der Waals surface area (Å²) in [5, 5.41) is 9.90. The van der Waals surface area contributed by atoms with Gasteiger partial charge in [0.15, 0.2) is 0 Å². The van der Waals surface area contributed by atoms with Crippen LogP contribution in [0.4, 0.5) is 0 Å². The molecule has 1 saturated heterocycles. The van der Waals surface area contributed by atoms with Gasteiger partial charge in [-0.25, -0.2) is 0 Å². The number of hydrogen-bond donors (Lipinski definition) is 1. The van der Waals surface area contributed by atoms with Crippen LogP contribution in [-0.2, 0) is 9.53 Å². The van der Waals surface area contributed by atoms with Gasteiger partial charge in [0.1, 0.15) is 12.2 Å². The number of hydrogen-bond acceptors (Lipinski definition) is 3. The largest absolute Gasteiger partial charge is 0.460 e. The molecule has 0 spiro atoms. The molecule has 1 N–H and O–H groups in total. The fraction of sp³-hybridized carbons (Fsp3) is 0.870. The summed E-state index contributed by atoms with van der Waals surface area (Å²) in [6.07, 6.45) is 22.6. The van der Waals surface area contributed by atoms with Gasteiger partial charge in [-0.3, -0.25) is 4.79 Å². The van der Waals surface area contributed by atoms with Crippen LogP contribution < -0.4 is 0 Å². The maximum absolute atomic E-state index is 11.6. The average molecular weight is 367 g/mol. The molecular weight excluding hydrogens is 324 g/mol. The number of aliphatic hydroxyl groups is 1. The molecule has 1 aliphatic heterocycles. The highest BCUT2D eigenvalue weighted by atomic mass is 16.6. The first-order valence-electron chi connectivity index (χ1n) is 11.2. The molecule has 3 nitrogen and oxygen atoms in total. The van der Waals surface area contributed by atoms with E-state index in [-0.39, 0.29) is 18.0 Å². The molecule has 26 heavy (non-hydrogen) atoms. The monoisotopic (exact) mass is 366 g/mol. The fourth-order valence-electron chi connectivity index (χ4n) is 3.71. The quantitative estimate of drug-likeness (QED) is 0.197. The Labute approximate surface area is 161 Å². The van der Waals surface area contributed by atoms with E-state index in [0.29, 0.717) is 0 Å². The third-order valence-corrected chi connectivity index (χ3v) is 5.52. The summed E-state index contributed by atoms with van der Waals surface area (Å²) < 4.78 is 5.07. The van der Waals surface area contributed by atoms with Crippen molar-refractivity contribution in [3.05, 3.63) is 12.2 Å². The van der Waals surface area contributed by atoms with Gasteiger partial charge >= 0.3 is 5.97 Å². The van der Waals surface area contributed by atoms with E-state index in [1.165, 1.54) is 77.0 Å². The Morgan fingerprint density at radius 2 is 1.35 bits per heavy atom. The summed E-state index contributed by atoms with van der Waals surface area (Å²) in [7, 11) is 0. The van der Waals surface area contributed by atoms with Gasteiger partial charge in [0, 0.05) is 0 Å². The molecule has 3 atom stereocenters. The Balaban J connectivity index is 1.82. The van der Waals surface area contributed by atoms with Gasteiger partial charge in [0.05, 0.1) is 5.92 Å². The molecule has 3 heteroatoms. The zero-order valence-electron chi connectivity index (χ0n) is 17.3. The molecular formula is C23H42O3. The van der Waals surface area contributed by atoms with E-state index in [4.69, 9.17) is 4.74 Å². The number of aliphatic hydroxyl groups excluding tert-OH is 1. The van der Waals surface area contributed by atoms with Crippen molar-refractivity contribution < 1.29 is 14.6 Å². The Kier molecular flexibility index (Phi) is 13.6. The molecule has 0 saturated carbocycles. The van der Waals surface area contributed by atoms with Crippen LogP contribution in [0.15, 0.2) is 12.2 Å². The number of ether oxygens (including phenoxy) is 1. The number of rotatable bonds is 16. The fourth-order valence-corrected chi connectivity index (χ4v) is 3.71. The van der Waals surface area contributed by atoms with Crippen LogP contribution >= 0.6 is 0 Å². The average Bonchev–Trinajstić information content (AvgIpc) is 2.87. The number of allylic oxidation sites excluding steroid dienone is 2. The minimum Gasteiger partial charge on any atom is -0.460 e. The Hall–Kier alpha value is -0.830. The highest BCUT2D eigenvalue weighted by Crippen LogP contribution is 2.26. The maximum Gasteiger partial charge on any atom is 0.312 e. The number of carbonyl (C=O) groups excluding carboxylic acids is 1. The van der Waals surface area contributed by atoms with Crippen molar-refractivity contribution in [1.29, 1.82) is 0 Å². The highest BCUT2D eigenvalue weighted by Gasteiger charge is 2.40. The highest BCUT2D eigenvalue weighted by molar-refractivity contribution is 5.75. The first-order valence-corrected chi connectivity index (χ1v) is 11.2. The molecule has 1 aliphatic rings. The SMILES string of the molecule is CCCCCCCC/C=C\CCCCCCCC[C@H]1C(=O)O[C@H](C)[C@H]1O. The first kappa shape index (κ1) is 23.2. The molecule has 0 unspecified atom stereocenters. The zero-order chi connectivity index (χ0) is 19.0. The Morgan fingerprint density at radius 1 is 0.846 bits per heavy atom. The van der Waals surface area contributed by atoms with Crippen LogP contribution in [0, 0.1) is 5.92 Å². The smallest absolute Gasteiger partial charge is 0.312 e. The topological polar surface area (TPSA) is 46.5 Å². The van der Waals surface area contributed by atoms with E-state index in [0.717, 1.165) is 19.3 Å². The van der Waals surface area contributed by atoms with Crippen LogP contribution in [0.3, 0.4) is 0 Å². The third kappa shape index (κ3) is 10.4. The van der Waals surface area contributed by atoms with E-state index in [9.17, 15) is 9.90 Å². The van der Waals surface area contributed by atoms with Crippen LogP contribution in [0.25, 0.3) is 0 Å². The summed E-state index contributed by atoms with van der Waals surface area (Å²) in [4.78, 5) is 11.6. The van der Waals surface area contributed by atoms with Crippen LogP contribution in [-0.4, -0.2) is 23.3 Å². The van der Waals surface area contributed by atoms with Gasteiger partial charge in [-0.15, -0.1) is 0 Å². The molecule has 0 aliphatic carbocycles. The van der Waals surface area contributed by atoms with Crippen molar-refractivity contribution in [2.24, 2.45) is 5.92 Å². The second kappa shape index (κ2) is 15.2. The number of esters is 1. The lowest BCUT2D eigenvalue weighted by atomic mass is 9.95. The molecule has 0 radical (unpaired) electrons. The van der Waals surface area contributed by atoms with Gasteiger partial charge in [-0.1, -0.05) is 83.3 Å². The van der Waals surface area contributed by atoms with Crippen molar-refractivity contribution in [3.63, 3.8) is 0 Å². The summed E-state index contributed by atoms with van der Waals surface area (Å²) in [5.41, 5.74) is 0. The lowest BCUT2D eigenvalue weighted by Gasteiger charge is -2.11. The molecule has 152 valence electrons. The predicted octanol–water partition coefficient (Wildman–Crippen LogP) is 6.34. The number of unbranched alkanes of at least 4 members (excludes halogenated alkanes) is 12. The lowest BCUT2D eigenvalue weighted by Crippen LogP contribution is -2.24. The van der Waals surface area contributed by atoms with E-state index in [2.05, 4.69) is 19.1 Å². The predicted molar refractivity (Wildman–Crippen MR) is 109 cm³/mol. The summed E-state index contributed by atoms with van der Waals surface area (Å²) >= 11 is 0. The van der Waals surface area contributed by atoms with Gasteiger partial charge in [-0.2, -0.15) is 0 Å². The van der Waals surface area contributed by atoms with Crippen LogP contribution in [0.1, 0.15) is 110 Å². The molecule has 0 aromatic rings. The second-order valence-electron chi connectivity index (χ2n) is 7.97. The molecule has 1 fully saturated rings. The lowest BCUT2D eigenvalue weighted by molar-refractivity contribution is -0.143. The molecule has 0 aromatic carbocycles. The van der Waals surface area contributed by atoms with Crippen molar-refractivity contribution in [2.75, 3.05) is 0 Å². The van der Waals surface area contributed by atoms with Crippen molar-refractivity contribution in [3.8, 4) is 0 Å². The van der Waals surface area contributed by atoms with Gasteiger partial charge in [0.2, 0.25) is 0 Å². The van der Waals surface area contributed by atoms with Gasteiger partial charge < -0.3 is 9.84 Å². The second-order valence-corrected chi connectivity index (χ2v) is 7.97. The molecule has 1 heterocycles. The van der Waals surface area contributed by atoms with E-state index in [1.807, 2.05) is 0 Å². The zero-order valence-corrected chi connectivity index (χ0v) is 17.3. The summed E-state index contributed by atoms with van der Waals surface area (Å²) in [5.74, 6) is -0.500. The molecule has 0 bridgehead atoms. The minimum atomic E-state index is -0.606. The third-order valence-electron chi connectivity index (χ3n) is 5.52. The van der Waals surface area contributed by atoms with Crippen molar-refractivity contribution in [2.45, 2.75) is 122 Å². The van der Waals surface area contributed by atoms with Crippen molar-refractivity contribution >= 4 is 5.97 Å². The standard InChI is InChI=1S/C23H42O3/c1-3-4-5-6-7-8-9-10-11-12-13-14-15-16-17-18-19-21-22(24)20(2)26-23(21)25/h10-11,20-22,24H,3-9,12-19H2,1-2H3/b11-10-/t20-,21-,22-/m1/s1.